The molecule has 23 heavy (non-hydrogen) atoms. The minimum Gasteiger partial charge on any atom is -0.480 e. The molecule has 1 aromatic rings. The van der Waals surface area contributed by atoms with Crippen LogP contribution >= 0.6 is 24.0 Å². The fourth-order valence-corrected chi connectivity index (χ4v) is 3.40. The number of para-hydroxylation sites is 2. The lowest BCUT2D eigenvalue weighted by Gasteiger charge is -2.10. The number of hydrogen-bond acceptors (Lipinski definition) is 6. The number of nitrogens with zero attached hydrogens (tertiary/aromatic N) is 2. The maximum Gasteiger partial charge on any atom is 0.323 e. The van der Waals surface area contributed by atoms with E-state index in [0.29, 0.717) is 10.8 Å². The molecule has 0 saturated carbocycles. The minimum atomic E-state index is -1.10. The van der Waals surface area contributed by atoms with E-state index in [9.17, 15) is 9.59 Å². The predicted octanol–water partition coefficient (Wildman–Crippen LogP) is 2.19. The molecule has 1 saturated heterocycles. The van der Waals surface area contributed by atoms with Crippen LogP contribution in [-0.4, -0.2) is 39.8 Å². The first-order chi connectivity index (χ1) is 11.0. The quantitative estimate of drug-likeness (QED) is 0.663. The van der Waals surface area contributed by atoms with Crippen molar-refractivity contribution >= 4 is 45.9 Å². The van der Waals surface area contributed by atoms with Gasteiger partial charge in [-0.25, -0.2) is 0 Å². The average Bonchev–Trinajstić information content (AvgIpc) is 2.97. The number of ether oxygens (including phenoxy) is 1. The molecule has 1 N–H and O–H groups in total. The van der Waals surface area contributed by atoms with Gasteiger partial charge in [0.15, 0.2) is 11.6 Å². The fourth-order valence-electron chi connectivity index (χ4n) is 2.20. The second-order valence-electron chi connectivity index (χ2n) is 4.82. The molecule has 1 aromatic carbocycles. The Morgan fingerprint density at radius 3 is 2.83 bits per heavy atom. The molecule has 0 aliphatic carbocycles. The van der Waals surface area contributed by atoms with Crippen LogP contribution in [0.4, 0.5) is 5.69 Å². The molecule has 8 heteroatoms. The normalized spacial score (nSPS) is 20.4. The van der Waals surface area contributed by atoms with Crippen molar-refractivity contribution in [1.29, 1.82) is 0 Å². The van der Waals surface area contributed by atoms with Crippen molar-refractivity contribution < 1.29 is 19.4 Å². The van der Waals surface area contributed by atoms with Crippen LogP contribution in [-0.2, 0) is 9.59 Å². The van der Waals surface area contributed by atoms with Crippen LogP contribution in [0, 0.1) is 0 Å². The first-order valence-corrected chi connectivity index (χ1v) is 7.88. The molecule has 2 aliphatic heterocycles. The number of aliphatic carboxylic acids is 1. The van der Waals surface area contributed by atoms with Crippen molar-refractivity contribution in [3.63, 3.8) is 0 Å². The SMILES string of the molecule is CN1C(=CC=C2SC(=S)N(CC(=O)O)C2=O)Oc2ccccc21. The Kier molecular flexibility index (Phi) is 4.10. The summed E-state index contributed by atoms with van der Waals surface area (Å²) < 4.78 is 5.96. The summed E-state index contributed by atoms with van der Waals surface area (Å²) in [5.41, 5.74) is 0.936. The summed E-state index contributed by atoms with van der Waals surface area (Å²) in [5.74, 6) is -0.185. The molecule has 118 valence electrons. The van der Waals surface area contributed by atoms with Crippen LogP contribution in [0.1, 0.15) is 0 Å². The highest BCUT2D eigenvalue weighted by atomic mass is 32.2. The number of benzene rings is 1. The number of fused-ring (bicyclic) bond motifs is 1. The van der Waals surface area contributed by atoms with Crippen molar-refractivity contribution in [2.24, 2.45) is 0 Å². The van der Waals surface area contributed by atoms with Crippen molar-refractivity contribution in [2.45, 2.75) is 0 Å². The van der Waals surface area contributed by atoms with E-state index in [4.69, 9.17) is 22.1 Å². The van der Waals surface area contributed by atoms with Crippen LogP contribution in [0.3, 0.4) is 0 Å². The highest BCUT2D eigenvalue weighted by molar-refractivity contribution is 8.26. The zero-order chi connectivity index (χ0) is 16.6. The Labute approximate surface area is 142 Å². The Balaban J connectivity index is 1.80. The Hall–Kier alpha value is -2.32. The highest BCUT2D eigenvalue weighted by Gasteiger charge is 2.33. The standard InChI is InChI=1S/C15H12N2O4S2/c1-16-9-4-2-3-5-10(9)21-12(16)7-6-11-14(20)17(8-13(18)19)15(22)23-11/h2-7H,8H2,1H3,(H,18,19). The number of carbonyl (C=O) groups is 2. The number of thiocarbonyl (C=S) groups is 1. The predicted molar refractivity (Wildman–Crippen MR) is 91.2 cm³/mol. The van der Waals surface area contributed by atoms with E-state index < -0.39 is 18.4 Å². The van der Waals surface area contributed by atoms with Gasteiger partial charge in [0.05, 0.1) is 10.6 Å². The van der Waals surface area contributed by atoms with Gasteiger partial charge in [-0.3, -0.25) is 14.5 Å². The number of anilines is 1. The highest BCUT2D eigenvalue weighted by Crippen LogP contribution is 2.37. The molecule has 2 aliphatic rings. The number of allylic oxidation sites excluding steroid dienone is 2. The number of carboxylic acids is 1. The monoisotopic (exact) mass is 348 g/mol. The summed E-state index contributed by atoms with van der Waals surface area (Å²) in [7, 11) is 1.86. The lowest BCUT2D eigenvalue weighted by molar-refractivity contribution is -0.140. The van der Waals surface area contributed by atoms with Gasteiger partial charge in [-0.2, -0.15) is 0 Å². The van der Waals surface area contributed by atoms with Crippen molar-refractivity contribution in [1.82, 2.24) is 4.90 Å². The summed E-state index contributed by atoms with van der Waals surface area (Å²) in [5, 5.41) is 8.81. The van der Waals surface area contributed by atoms with E-state index in [0.717, 1.165) is 28.1 Å². The van der Waals surface area contributed by atoms with Gasteiger partial charge in [0.1, 0.15) is 10.9 Å². The molecule has 6 nitrogen and oxygen atoms in total. The van der Waals surface area contributed by atoms with Gasteiger partial charge in [-0.15, -0.1) is 0 Å². The smallest absolute Gasteiger partial charge is 0.323 e. The lowest BCUT2D eigenvalue weighted by atomic mass is 10.3. The third-order valence-corrected chi connectivity index (χ3v) is 4.71. The van der Waals surface area contributed by atoms with Crippen LogP contribution in [0.5, 0.6) is 5.75 Å². The van der Waals surface area contributed by atoms with Crippen molar-refractivity contribution in [3.8, 4) is 5.75 Å². The summed E-state index contributed by atoms with van der Waals surface area (Å²) in [4.78, 5) is 26.2. The maximum atomic E-state index is 12.2. The van der Waals surface area contributed by atoms with E-state index in [-0.39, 0.29) is 4.32 Å². The summed E-state index contributed by atoms with van der Waals surface area (Å²) in [6, 6.07) is 7.59. The zero-order valence-corrected chi connectivity index (χ0v) is 13.7. The van der Waals surface area contributed by atoms with E-state index in [1.54, 1.807) is 12.2 Å². The van der Waals surface area contributed by atoms with Crippen LogP contribution in [0.2, 0.25) is 0 Å². The fraction of sp³-hybridized carbons (Fsp3) is 0.133. The van der Waals surface area contributed by atoms with Gasteiger partial charge in [0, 0.05) is 13.1 Å². The molecule has 0 radical (unpaired) electrons. The number of hydrogen-bond donors (Lipinski definition) is 1. The largest absolute Gasteiger partial charge is 0.480 e. The van der Waals surface area contributed by atoms with Gasteiger partial charge in [0.2, 0.25) is 0 Å². The number of amides is 1. The van der Waals surface area contributed by atoms with E-state index in [1.165, 1.54) is 0 Å². The zero-order valence-electron chi connectivity index (χ0n) is 12.1. The van der Waals surface area contributed by atoms with Gasteiger partial charge in [-0.05, 0) is 18.2 Å². The third kappa shape index (κ3) is 2.95. The molecule has 0 bridgehead atoms. The van der Waals surface area contributed by atoms with Crippen LogP contribution in [0.15, 0.2) is 47.2 Å². The molecule has 0 atom stereocenters. The summed E-state index contributed by atoms with van der Waals surface area (Å²) in [6.45, 7) is -0.430. The Morgan fingerprint density at radius 2 is 2.13 bits per heavy atom. The molecule has 3 rings (SSSR count). The Bertz CT molecular complexity index is 772. The second kappa shape index (κ2) is 6.05. The molecule has 1 fully saturated rings. The average molecular weight is 348 g/mol. The van der Waals surface area contributed by atoms with E-state index in [2.05, 4.69) is 0 Å². The van der Waals surface area contributed by atoms with Crippen LogP contribution in [0.25, 0.3) is 0 Å². The van der Waals surface area contributed by atoms with Gasteiger partial charge >= 0.3 is 5.97 Å². The molecule has 0 aromatic heterocycles. The summed E-state index contributed by atoms with van der Waals surface area (Å²) in [6.07, 6.45) is 3.27. The number of thioether (sulfide) groups is 1. The third-order valence-electron chi connectivity index (χ3n) is 3.32. The van der Waals surface area contributed by atoms with Crippen molar-refractivity contribution in [2.75, 3.05) is 18.5 Å². The van der Waals surface area contributed by atoms with Crippen LogP contribution < -0.4 is 9.64 Å². The topological polar surface area (TPSA) is 70.1 Å². The molecule has 0 spiro atoms. The van der Waals surface area contributed by atoms with E-state index in [1.807, 2.05) is 36.2 Å². The maximum absolute atomic E-state index is 12.2. The minimum absolute atomic E-state index is 0.242. The first-order valence-electron chi connectivity index (χ1n) is 6.65. The first kappa shape index (κ1) is 15.6. The number of rotatable bonds is 3. The molecule has 2 heterocycles. The second-order valence-corrected chi connectivity index (χ2v) is 6.49. The molecular weight excluding hydrogens is 336 g/mol. The molecule has 1 amide bonds. The molecule has 0 unspecified atom stereocenters. The molecular formula is C15H12N2O4S2. The van der Waals surface area contributed by atoms with Gasteiger partial charge in [-0.1, -0.05) is 36.1 Å². The number of carboxylic acid groups (broad SMARTS) is 1. The van der Waals surface area contributed by atoms with E-state index >= 15 is 0 Å². The van der Waals surface area contributed by atoms with Gasteiger partial charge < -0.3 is 14.7 Å². The Morgan fingerprint density at radius 1 is 1.39 bits per heavy atom. The van der Waals surface area contributed by atoms with Crippen molar-refractivity contribution in [3.05, 3.63) is 47.2 Å². The lowest BCUT2D eigenvalue weighted by Crippen LogP contribution is -2.33. The summed E-state index contributed by atoms with van der Waals surface area (Å²) >= 11 is 6.12. The number of carbonyl (C=O) groups excluding carboxylic acids is 1. The van der Waals surface area contributed by atoms with Gasteiger partial charge in [0.25, 0.3) is 5.91 Å².